The monoisotopic (exact) mass is 287 g/mol. The van der Waals surface area contributed by atoms with E-state index in [-0.39, 0.29) is 6.03 Å². The number of benzene rings is 1. The van der Waals surface area contributed by atoms with E-state index in [2.05, 4.69) is 30.5 Å². The van der Waals surface area contributed by atoms with E-state index in [0.29, 0.717) is 12.0 Å². The first-order chi connectivity index (χ1) is 10.1. The molecule has 114 valence electrons. The summed E-state index contributed by atoms with van der Waals surface area (Å²) in [7, 11) is 0. The molecule has 2 aliphatic heterocycles. The molecule has 2 unspecified atom stereocenters. The molecule has 2 N–H and O–H groups in total. The van der Waals surface area contributed by atoms with Gasteiger partial charge in [0.25, 0.3) is 0 Å². The van der Waals surface area contributed by atoms with Crippen LogP contribution in [-0.4, -0.2) is 30.1 Å². The van der Waals surface area contributed by atoms with Crippen molar-refractivity contribution >= 4 is 17.4 Å². The SMILES string of the molecule is CC1CCCN(C(=O)Nc2cccc3c2NC(C)CC3)C1. The highest BCUT2D eigenvalue weighted by Crippen LogP contribution is 2.32. The minimum Gasteiger partial charge on any atom is -0.381 e. The average Bonchev–Trinajstić information content (AvgIpc) is 2.48. The maximum absolute atomic E-state index is 12.5. The summed E-state index contributed by atoms with van der Waals surface area (Å²) >= 11 is 0. The highest BCUT2D eigenvalue weighted by Gasteiger charge is 2.23. The van der Waals surface area contributed by atoms with Crippen LogP contribution in [0.15, 0.2) is 18.2 Å². The number of para-hydroxylation sites is 1. The van der Waals surface area contributed by atoms with Gasteiger partial charge in [0, 0.05) is 19.1 Å². The summed E-state index contributed by atoms with van der Waals surface area (Å²) in [5.74, 6) is 0.604. The van der Waals surface area contributed by atoms with Crippen LogP contribution in [0.5, 0.6) is 0 Å². The molecule has 2 atom stereocenters. The number of fused-ring (bicyclic) bond motifs is 1. The topological polar surface area (TPSA) is 44.4 Å². The number of nitrogens with zero attached hydrogens (tertiary/aromatic N) is 1. The number of nitrogens with one attached hydrogen (secondary N) is 2. The van der Waals surface area contributed by atoms with E-state index in [1.807, 2.05) is 17.0 Å². The van der Waals surface area contributed by atoms with Crippen LogP contribution in [-0.2, 0) is 6.42 Å². The molecule has 0 radical (unpaired) electrons. The Morgan fingerprint density at radius 1 is 1.33 bits per heavy atom. The van der Waals surface area contributed by atoms with Crippen LogP contribution in [0.1, 0.15) is 38.7 Å². The highest BCUT2D eigenvalue weighted by molar-refractivity contribution is 5.94. The van der Waals surface area contributed by atoms with Gasteiger partial charge in [-0.2, -0.15) is 0 Å². The van der Waals surface area contributed by atoms with Crippen molar-refractivity contribution < 1.29 is 4.79 Å². The van der Waals surface area contributed by atoms with Gasteiger partial charge in [-0.05, 0) is 50.2 Å². The molecular formula is C17H25N3O. The lowest BCUT2D eigenvalue weighted by Gasteiger charge is -2.32. The summed E-state index contributed by atoms with van der Waals surface area (Å²) in [6.07, 6.45) is 4.56. The van der Waals surface area contributed by atoms with E-state index in [4.69, 9.17) is 0 Å². The summed E-state index contributed by atoms with van der Waals surface area (Å²) in [5, 5.41) is 6.62. The van der Waals surface area contributed by atoms with Crippen molar-refractivity contribution in [2.75, 3.05) is 23.7 Å². The first-order valence-corrected chi connectivity index (χ1v) is 8.08. The third-order valence-corrected chi connectivity index (χ3v) is 4.57. The Morgan fingerprint density at radius 3 is 3.00 bits per heavy atom. The average molecular weight is 287 g/mol. The van der Waals surface area contributed by atoms with E-state index in [9.17, 15) is 4.79 Å². The molecule has 0 bridgehead atoms. The van der Waals surface area contributed by atoms with E-state index < -0.39 is 0 Å². The van der Waals surface area contributed by atoms with Crippen molar-refractivity contribution in [3.8, 4) is 0 Å². The maximum atomic E-state index is 12.5. The second-order valence-corrected chi connectivity index (χ2v) is 6.55. The molecule has 1 saturated heterocycles. The zero-order valence-electron chi connectivity index (χ0n) is 13.0. The van der Waals surface area contributed by atoms with Gasteiger partial charge < -0.3 is 15.5 Å². The predicted molar refractivity (Wildman–Crippen MR) is 86.8 cm³/mol. The molecule has 2 amide bonds. The first-order valence-electron chi connectivity index (χ1n) is 8.08. The number of carbonyl (C=O) groups is 1. The number of urea groups is 1. The van der Waals surface area contributed by atoms with Gasteiger partial charge in [0.1, 0.15) is 0 Å². The first kappa shape index (κ1) is 14.2. The number of amides is 2. The molecule has 1 aromatic rings. The minimum atomic E-state index is 0.0370. The fourth-order valence-corrected chi connectivity index (χ4v) is 3.34. The number of likely N-dealkylation sites (tertiary alicyclic amines) is 1. The fourth-order valence-electron chi connectivity index (χ4n) is 3.34. The van der Waals surface area contributed by atoms with Gasteiger partial charge in [0.05, 0.1) is 11.4 Å². The second-order valence-electron chi connectivity index (χ2n) is 6.55. The number of carbonyl (C=O) groups excluding carboxylic acids is 1. The molecule has 0 spiro atoms. The highest BCUT2D eigenvalue weighted by atomic mass is 16.2. The minimum absolute atomic E-state index is 0.0370. The van der Waals surface area contributed by atoms with Gasteiger partial charge in [-0.1, -0.05) is 19.1 Å². The summed E-state index contributed by atoms with van der Waals surface area (Å²) in [6, 6.07) is 6.67. The Morgan fingerprint density at radius 2 is 2.19 bits per heavy atom. The number of hydrogen-bond donors (Lipinski definition) is 2. The Bertz CT molecular complexity index is 529. The summed E-state index contributed by atoms with van der Waals surface area (Å²) in [6.45, 7) is 6.14. The predicted octanol–water partition coefficient (Wildman–Crippen LogP) is 3.70. The molecule has 1 fully saturated rings. The molecule has 2 aliphatic rings. The molecule has 4 nitrogen and oxygen atoms in total. The van der Waals surface area contributed by atoms with E-state index in [1.165, 1.54) is 12.0 Å². The molecule has 21 heavy (non-hydrogen) atoms. The molecular weight excluding hydrogens is 262 g/mol. The van der Waals surface area contributed by atoms with Crippen LogP contribution in [0.25, 0.3) is 0 Å². The van der Waals surface area contributed by atoms with Crippen LogP contribution >= 0.6 is 0 Å². The number of anilines is 2. The van der Waals surface area contributed by atoms with Crippen LogP contribution in [0.3, 0.4) is 0 Å². The Balaban J connectivity index is 1.74. The van der Waals surface area contributed by atoms with Crippen LogP contribution in [0.2, 0.25) is 0 Å². The third kappa shape index (κ3) is 3.14. The molecule has 3 rings (SSSR count). The Kier molecular flexibility index (Phi) is 4.04. The zero-order valence-corrected chi connectivity index (χ0v) is 13.0. The van der Waals surface area contributed by atoms with Crippen LogP contribution in [0.4, 0.5) is 16.2 Å². The number of rotatable bonds is 1. The van der Waals surface area contributed by atoms with Gasteiger partial charge in [-0.15, -0.1) is 0 Å². The van der Waals surface area contributed by atoms with E-state index in [0.717, 1.165) is 43.7 Å². The van der Waals surface area contributed by atoms with E-state index >= 15 is 0 Å². The summed E-state index contributed by atoms with van der Waals surface area (Å²) < 4.78 is 0. The third-order valence-electron chi connectivity index (χ3n) is 4.57. The van der Waals surface area contributed by atoms with Crippen molar-refractivity contribution in [2.24, 2.45) is 5.92 Å². The quantitative estimate of drug-likeness (QED) is 0.827. The normalized spacial score (nSPS) is 25.0. The summed E-state index contributed by atoms with van der Waals surface area (Å²) in [4.78, 5) is 14.4. The van der Waals surface area contributed by atoms with Gasteiger partial charge in [0.2, 0.25) is 0 Å². The largest absolute Gasteiger partial charge is 0.381 e. The van der Waals surface area contributed by atoms with Crippen molar-refractivity contribution in [1.82, 2.24) is 4.90 Å². The zero-order chi connectivity index (χ0) is 14.8. The Labute approximate surface area is 126 Å². The molecule has 0 saturated carbocycles. The van der Waals surface area contributed by atoms with Gasteiger partial charge in [-0.25, -0.2) is 4.79 Å². The molecule has 1 aromatic carbocycles. The lowest BCUT2D eigenvalue weighted by Crippen LogP contribution is -2.41. The molecule has 0 aromatic heterocycles. The van der Waals surface area contributed by atoms with Crippen molar-refractivity contribution in [2.45, 2.75) is 45.6 Å². The fraction of sp³-hybridized carbons (Fsp3) is 0.588. The summed E-state index contributed by atoms with van der Waals surface area (Å²) in [5.41, 5.74) is 3.33. The lowest BCUT2D eigenvalue weighted by molar-refractivity contribution is 0.182. The van der Waals surface area contributed by atoms with E-state index in [1.54, 1.807) is 0 Å². The number of aryl methyl sites for hydroxylation is 1. The maximum Gasteiger partial charge on any atom is 0.321 e. The van der Waals surface area contributed by atoms with Crippen molar-refractivity contribution in [3.05, 3.63) is 23.8 Å². The number of hydrogen-bond acceptors (Lipinski definition) is 2. The Hall–Kier alpha value is -1.71. The second kappa shape index (κ2) is 5.96. The number of piperidine rings is 1. The van der Waals surface area contributed by atoms with Gasteiger partial charge in [-0.3, -0.25) is 0 Å². The van der Waals surface area contributed by atoms with Gasteiger partial charge >= 0.3 is 6.03 Å². The molecule has 0 aliphatic carbocycles. The van der Waals surface area contributed by atoms with Crippen LogP contribution in [0, 0.1) is 5.92 Å². The smallest absolute Gasteiger partial charge is 0.321 e. The molecule has 2 heterocycles. The van der Waals surface area contributed by atoms with Gasteiger partial charge in [0.15, 0.2) is 0 Å². The van der Waals surface area contributed by atoms with Crippen molar-refractivity contribution in [3.63, 3.8) is 0 Å². The van der Waals surface area contributed by atoms with Crippen molar-refractivity contribution in [1.29, 1.82) is 0 Å². The standard InChI is InChI=1S/C17H25N3O/c1-12-5-4-10-20(11-12)17(21)19-15-7-3-6-14-9-8-13(2)18-16(14)15/h3,6-7,12-13,18H,4-5,8-11H2,1-2H3,(H,19,21). The van der Waals surface area contributed by atoms with Crippen LogP contribution < -0.4 is 10.6 Å². The molecule has 4 heteroatoms. The lowest BCUT2D eigenvalue weighted by atomic mass is 9.98.